The van der Waals surface area contributed by atoms with E-state index in [0.717, 1.165) is 16.9 Å². The number of pyridine rings is 1. The Labute approximate surface area is 175 Å². The molecule has 2 atom stereocenters. The highest BCUT2D eigenvalue weighted by atomic mass is 32.2. The zero-order chi connectivity index (χ0) is 21.5. The third kappa shape index (κ3) is 3.52. The van der Waals surface area contributed by atoms with Crippen LogP contribution in [-0.4, -0.2) is 49.2 Å². The number of ether oxygens (including phenoxy) is 2. The van der Waals surface area contributed by atoms with Crippen LogP contribution in [0.5, 0.6) is 5.75 Å². The van der Waals surface area contributed by atoms with E-state index in [1.54, 1.807) is 18.3 Å². The number of H-pyrrole nitrogens is 1. The molecule has 0 bridgehead atoms. The molecule has 0 saturated carbocycles. The minimum absolute atomic E-state index is 0.0923. The van der Waals surface area contributed by atoms with Gasteiger partial charge in [-0.05, 0) is 38.3 Å². The largest absolute Gasteiger partial charge is 0.495 e. The van der Waals surface area contributed by atoms with E-state index in [-0.39, 0.29) is 10.8 Å². The summed E-state index contributed by atoms with van der Waals surface area (Å²) in [5.41, 5.74) is 3.33. The van der Waals surface area contributed by atoms with E-state index in [2.05, 4.69) is 20.5 Å². The lowest BCUT2D eigenvalue weighted by molar-refractivity contribution is 0.0637. The molecule has 4 rings (SSSR count). The molecule has 1 saturated heterocycles. The van der Waals surface area contributed by atoms with Crippen LogP contribution in [-0.2, 0) is 14.6 Å². The van der Waals surface area contributed by atoms with Crippen LogP contribution >= 0.6 is 0 Å². The van der Waals surface area contributed by atoms with Gasteiger partial charge in [0.15, 0.2) is 15.7 Å². The van der Waals surface area contributed by atoms with Crippen molar-refractivity contribution in [2.45, 2.75) is 37.3 Å². The molecule has 8 nitrogen and oxygen atoms in total. The molecule has 1 aromatic carbocycles. The summed E-state index contributed by atoms with van der Waals surface area (Å²) < 4.78 is 38.0. The monoisotopic (exact) mass is 430 g/mol. The number of rotatable bonds is 5. The lowest BCUT2D eigenvalue weighted by atomic mass is 10.0. The molecule has 9 heteroatoms. The lowest BCUT2D eigenvalue weighted by Gasteiger charge is -2.29. The zero-order valence-electron chi connectivity index (χ0n) is 17.5. The third-order valence-corrected chi connectivity index (χ3v) is 8.23. The minimum atomic E-state index is -3.62. The van der Waals surface area contributed by atoms with Crippen molar-refractivity contribution in [3.8, 4) is 5.75 Å². The number of methoxy groups -OCH3 is 1. The third-order valence-electron chi connectivity index (χ3n) is 5.80. The maximum absolute atomic E-state index is 13.6. The van der Waals surface area contributed by atoms with E-state index in [9.17, 15) is 8.42 Å². The van der Waals surface area contributed by atoms with E-state index in [0.29, 0.717) is 42.1 Å². The van der Waals surface area contributed by atoms with Crippen molar-refractivity contribution in [3.63, 3.8) is 0 Å². The first-order valence-electron chi connectivity index (χ1n) is 9.90. The van der Waals surface area contributed by atoms with Gasteiger partial charge < -0.3 is 14.8 Å². The maximum Gasteiger partial charge on any atom is 0.185 e. The Hall–Kier alpha value is -2.65. The van der Waals surface area contributed by atoms with Crippen LogP contribution in [0.2, 0.25) is 0 Å². The SMILES string of the molecule is COc1cc2nccc(Nc3n[nH]c(C)c3C)c2cc1S(=O)(=O)[C@@H]1CCOC[C@@H]1C. The van der Waals surface area contributed by atoms with E-state index in [4.69, 9.17) is 9.47 Å². The smallest absolute Gasteiger partial charge is 0.185 e. The minimum Gasteiger partial charge on any atom is -0.495 e. The summed E-state index contributed by atoms with van der Waals surface area (Å²) >= 11 is 0. The summed E-state index contributed by atoms with van der Waals surface area (Å²) in [4.78, 5) is 4.59. The highest BCUT2D eigenvalue weighted by molar-refractivity contribution is 7.92. The van der Waals surface area contributed by atoms with Crippen molar-refractivity contribution in [3.05, 3.63) is 35.7 Å². The van der Waals surface area contributed by atoms with Crippen LogP contribution in [0, 0.1) is 19.8 Å². The molecule has 0 spiro atoms. The Bertz CT molecular complexity index is 1190. The van der Waals surface area contributed by atoms with Gasteiger partial charge in [0.25, 0.3) is 0 Å². The van der Waals surface area contributed by atoms with Gasteiger partial charge in [-0.2, -0.15) is 5.10 Å². The van der Waals surface area contributed by atoms with Gasteiger partial charge in [-0.3, -0.25) is 10.1 Å². The molecule has 0 unspecified atom stereocenters. The van der Waals surface area contributed by atoms with Crippen LogP contribution in [0.4, 0.5) is 11.5 Å². The molecule has 3 heterocycles. The number of nitrogens with one attached hydrogen (secondary N) is 2. The number of aryl methyl sites for hydroxylation is 1. The van der Waals surface area contributed by atoms with Crippen LogP contribution in [0.25, 0.3) is 10.9 Å². The average Bonchev–Trinajstić information content (AvgIpc) is 3.05. The second-order valence-electron chi connectivity index (χ2n) is 7.75. The number of benzene rings is 1. The van der Waals surface area contributed by atoms with Gasteiger partial charge in [0.2, 0.25) is 0 Å². The number of sulfone groups is 1. The number of fused-ring (bicyclic) bond motifs is 1. The molecule has 160 valence electrons. The first-order valence-corrected chi connectivity index (χ1v) is 11.4. The Kier molecular flexibility index (Phi) is 5.42. The van der Waals surface area contributed by atoms with Crippen molar-refractivity contribution >= 4 is 32.2 Å². The van der Waals surface area contributed by atoms with Crippen LogP contribution in [0.1, 0.15) is 24.6 Å². The fourth-order valence-electron chi connectivity index (χ4n) is 3.86. The summed E-state index contributed by atoms with van der Waals surface area (Å²) in [6, 6.07) is 5.15. The summed E-state index contributed by atoms with van der Waals surface area (Å²) in [6.07, 6.45) is 2.14. The van der Waals surface area contributed by atoms with Crippen LogP contribution in [0.15, 0.2) is 29.3 Å². The second-order valence-corrected chi connectivity index (χ2v) is 9.89. The van der Waals surface area contributed by atoms with Crippen molar-refractivity contribution in [1.82, 2.24) is 15.2 Å². The standard InChI is InChI=1S/C21H26N4O4S/c1-12-11-29-8-6-19(12)30(26,27)20-9-15-16(23-21-13(2)14(3)24-25-21)5-7-22-17(15)10-18(20)28-4/h5,7,9-10,12,19H,6,8,11H2,1-4H3,(H2,22,23,24,25)/t12-,19+/m0/s1. The van der Waals surface area contributed by atoms with E-state index < -0.39 is 15.1 Å². The molecule has 0 aliphatic carbocycles. The Morgan fingerprint density at radius 3 is 2.77 bits per heavy atom. The topological polar surface area (TPSA) is 106 Å². The second kappa shape index (κ2) is 7.88. The Morgan fingerprint density at radius 2 is 2.10 bits per heavy atom. The maximum atomic E-state index is 13.6. The van der Waals surface area contributed by atoms with Crippen molar-refractivity contribution in [2.24, 2.45) is 5.92 Å². The Morgan fingerprint density at radius 1 is 1.30 bits per heavy atom. The van der Waals surface area contributed by atoms with Crippen molar-refractivity contribution < 1.29 is 17.9 Å². The molecule has 0 radical (unpaired) electrons. The first kappa shape index (κ1) is 20.6. The lowest BCUT2D eigenvalue weighted by Crippen LogP contribution is -2.36. The molecule has 2 aromatic heterocycles. The summed E-state index contributed by atoms with van der Waals surface area (Å²) in [5.74, 6) is 0.904. The van der Waals surface area contributed by atoms with Gasteiger partial charge in [-0.15, -0.1) is 0 Å². The number of hydrogen-bond acceptors (Lipinski definition) is 7. The highest BCUT2D eigenvalue weighted by Gasteiger charge is 2.36. The van der Waals surface area contributed by atoms with Gasteiger partial charge in [-0.1, -0.05) is 6.92 Å². The zero-order valence-corrected chi connectivity index (χ0v) is 18.3. The fourth-order valence-corrected chi connectivity index (χ4v) is 5.99. The fraction of sp³-hybridized carbons (Fsp3) is 0.429. The molecule has 2 N–H and O–H groups in total. The number of nitrogens with zero attached hydrogens (tertiary/aromatic N) is 2. The number of anilines is 2. The van der Waals surface area contributed by atoms with Crippen molar-refractivity contribution in [1.29, 1.82) is 0 Å². The van der Waals surface area contributed by atoms with Gasteiger partial charge in [0.05, 0.1) is 30.2 Å². The summed E-state index contributed by atoms with van der Waals surface area (Å²) in [5, 5.41) is 10.7. The van der Waals surface area contributed by atoms with Crippen LogP contribution in [0.3, 0.4) is 0 Å². The molecule has 1 fully saturated rings. The number of aromatic nitrogens is 3. The van der Waals surface area contributed by atoms with E-state index in [1.165, 1.54) is 7.11 Å². The Balaban J connectivity index is 1.85. The van der Waals surface area contributed by atoms with Gasteiger partial charge in [-0.25, -0.2) is 8.42 Å². The van der Waals surface area contributed by atoms with Gasteiger partial charge >= 0.3 is 0 Å². The number of aromatic amines is 1. The summed E-state index contributed by atoms with van der Waals surface area (Å²) in [7, 11) is -2.14. The first-order chi connectivity index (χ1) is 14.3. The van der Waals surface area contributed by atoms with E-state index in [1.807, 2.05) is 26.8 Å². The highest BCUT2D eigenvalue weighted by Crippen LogP contribution is 2.37. The average molecular weight is 431 g/mol. The predicted molar refractivity (Wildman–Crippen MR) is 115 cm³/mol. The van der Waals surface area contributed by atoms with Crippen LogP contribution < -0.4 is 10.1 Å². The van der Waals surface area contributed by atoms with Crippen molar-refractivity contribution in [2.75, 3.05) is 25.6 Å². The molecule has 3 aromatic rings. The predicted octanol–water partition coefficient (Wildman–Crippen LogP) is 3.53. The van der Waals surface area contributed by atoms with Gasteiger partial charge in [0.1, 0.15) is 10.6 Å². The quantitative estimate of drug-likeness (QED) is 0.638. The molecule has 0 amide bonds. The van der Waals surface area contributed by atoms with E-state index >= 15 is 0 Å². The normalized spacial score (nSPS) is 19.7. The molecule has 1 aliphatic rings. The molecule has 30 heavy (non-hydrogen) atoms. The molecular formula is C21H26N4O4S. The van der Waals surface area contributed by atoms with Gasteiger partial charge in [0, 0.05) is 35.5 Å². The molecule has 1 aliphatic heterocycles. The number of hydrogen-bond donors (Lipinski definition) is 2. The summed E-state index contributed by atoms with van der Waals surface area (Å²) in [6.45, 7) is 6.70. The molecular weight excluding hydrogens is 404 g/mol.